The standard InChI is InChI=1S/C21H27N3O/c1-23(16-18-7-3-2-4-8-18)21(25)12-10-17-9-11-20(19(22)15-17)24-13-5-6-14-24/h2-4,7-9,11,15H,5-6,10,12-14,16,22H2,1H3. The fourth-order valence-electron chi connectivity index (χ4n) is 3.39. The molecule has 0 saturated carbocycles. The van der Waals surface area contributed by atoms with Crippen LogP contribution in [0, 0.1) is 0 Å². The number of aryl methyl sites for hydroxylation is 1. The van der Waals surface area contributed by atoms with Gasteiger partial charge in [0.25, 0.3) is 0 Å². The van der Waals surface area contributed by atoms with Crippen molar-refractivity contribution >= 4 is 17.3 Å². The van der Waals surface area contributed by atoms with Gasteiger partial charge in [-0.15, -0.1) is 0 Å². The molecule has 0 bridgehead atoms. The zero-order chi connectivity index (χ0) is 17.6. The van der Waals surface area contributed by atoms with E-state index in [-0.39, 0.29) is 5.91 Å². The van der Waals surface area contributed by atoms with E-state index in [9.17, 15) is 4.79 Å². The van der Waals surface area contributed by atoms with Crippen LogP contribution in [0.1, 0.15) is 30.4 Å². The quantitative estimate of drug-likeness (QED) is 0.821. The molecule has 2 aromatic rings. The van der Waals surface area contributed by atoms with Crippen LogP contribution in [0.4, 0.5) is 11.4 Å². The predicted molar refractivity (Wildman–Crippen MR) is 104 cm³/mol. The molecular weight excluding hydrogens is 310 g/mol. The number of nitrogens with two attached hydrogens (primary N) is 1. The van der Waals surface area contributed by atoms with Crippen molar-refractivity contribution in [2.45, 2.75) is 32.2 Å². The first kappa shape index (κ1) is 17.3. The highest BCUT2D eigenvalue weighted by Gasteiger charge is 2.15. The highest BCUT2D eigenvalue weighted by Crippen LogP contribution is 2.28. The van der Waals surface area contributed by atoms with Gasteiger partial charge < -0.3 is 15.5 Å². The molecule has 1 fully saturated rings. The molecule has 25 heavy (non-hydrogen) atoms. The molecule has 4 heteroatoms. The van der Waals surface area contributed by atoms with Crippen LogP contribution in [-0.4, -0.2) is 30.9 Å². The fourth-order valence-corrected chi connectivity index (χ4v) is 3.39. The zero-order valence-electron chi connectivity index (χ0n) is 14.9. The van der Waals surface area contributed by atoms with E-state index < -0.39 is 0 Å². The van der Waals surface area contributed by atoms with Crippen molar-refractivity contribution in [1.29, 1.82) is 0 Å². The van der Waals surface area contributed by atoms with Crippen molar-refractivity contribution in [1.82, 2.24) is 4.90 Å². The van der Waals surface area contributed by atoms with Crippen LogP contribution < -0.4 is 10.6 Å². The minimum atomic E-state index is 0.158. The minimum absolute atomic E-state index is 0.158. The number of nitrogens with zero attached hydrogens (tertiary/aromatic N) is 2. The first-order chi connectivity index (χ1) is 12.1. The lowest BCUT2D eigenvalue weighted by molar-refractivity contribution is -0.130. The molecular formula is C21H27N3O. The lowest BCUT2D eigenvalue weighted by atomic mass is 10.1. The average Bonchev–Trinajstić information content (AvgIpc) is 3.15. The Morgan fingerprint density at radius 1 is 1.08 bits per heavy atom. The Kier molecular flexibility index (Phi) is 5.59. The number of anilines is 2. The van der Waals surface area contributed by atoms with Crippen molar-refractivity contribution in [2.75, 3.05) is 30.8 Å². The summed E-state index contributed by atoms with van der Waals surface area (Å²) in [7, 11) is 1.86. The van der Waals surface area contributed by atoms with Gasteiger partial charge in [0, 0.05) is 33.1 Å². The summed E-state index contributed by atoms with van der Waals surface area (Å²) in [5.74, 6) is 0.158. The van der Waals surface area contributed by atoms with Crippen LogP contribution in [0.3, 0.4) is 0 Å². The van der Waals surface area contributed by atoms with Crippen LogP contribution in [0.15, 0.2) is 48.5 Å². The molecule has 2 N–H and O–H groups in total. The molecule has 0 aromatic heterocycles. The van der Waals surface area contributed by atoms with Crippen LogP contribution >= 0.6 is 0 Å². The van der Waals surface area contributed by atoms with E-state index in [1.807, 2.05) is 43.4 Å². The first-order valence-corrected chi connectivity index (χ1v) is 9.05. The number of carbonyl (C=O) groups is 1. The van der Waals surface area contributed by atoms with Gasteiger partial charge in [-0.25, -0.2) is 0 Å². The normalized spacial score (nSPS) is 13.9. The molecule has 132 valence electrons. The van der Waals surface area contributed by atoms with Crippen LogP contribution in [-0.2, 0) is 17.8 Å². The average molecular weight is 337 g/mol. The lowest BCUT2D eigenvalue weighted by Crippen LogP contribution is -2.26. The second kappa shape index (κ2) is 8.06. The number of benzene rings is 2. The van der Waals surface area contributed by atoms with Crippen LogP contribution in [0.2, 0.25) is 0 Å². The third kappa shape index (κ3) is 4.53. The maximum atomic E-state index is 12.4. The SMILES string of the molecule is CN(Cc1ccccc1)C(=O)CCc1ccc(N2CCCC2)c(N)c1. The number of nitrogen functional groups attached to an aromatic ring is 1. The molecule has 4 nitrogen and oxygen atoms in total. The molecule has 0 radical (unpaired) electrons. The largest absolute Gasteiger partial charge is 0.397 e. The Labute approximate surface area is 150 Å². The molecule has 1 aliphatic heterocycles. The minimum Gasteiger partial charge on any atom is -0.397 e. The van der Waals surface area contributed by atoms with Gasteiger partial charge >= 0.3 is 0 Å². The second-order valence-corrected chi connectivity index (χ2v) is 6.82. The summed E-state index contributed by atoms with van der Waals surface area (Å²) in [6.45, 7) is 2.83. The Bertz CT molecular complexity index is 708. The van der Waals surface area contributed by atoms with Gasteiger partial charge in [0.2, 0.25) is 5.91 Å². The van der Waals surface area contributed by atoms with E-state index in [0.717, 1.165) is 42.0 Å². The van der Waals surface area contributed by atoms with E-state index in [4.69, 9.17) is 5.73 Å². The summed E-state index contributed by atoms with van der Waals surface area (Å²) in [6.07, 6.45) is 3.71. The van der Waals surface area contributed by atoms with Crippen molar-refractivity contribution in [3.63, 3.8) is 0 Å². The van der Waals surface area contributed by atoms with Gasteiger partial charge in [-0.2, -0.15) is 0 Å². The van der Waals surface area contributed by atoms with Gasteiger partial charge in [0.1, 0.15) is 0 Å². The van der Waals surface area contributed by atoms with Crippen molar-refractivity contribution in [2.24, 2.45) is 0 Å². The Morgan fingerprint density at radius 2 is 1.80 bits per heavy atom. The summed E-state index contributed by atoms with van der Waals surface area (Å²) < 4.78 is 0. The first-order valence-electron chi connectivity index (χ1n) is 9.05. The second-order valence-electron chi connectivity index (χ2n) is 6.82. The molecule has 1 amide bonds. The van der Waals surface area contributed by atoms with Crippen molar-refractivity contribution < 1.29 is 4.79 Å². The molecule has 1 aliphatic rings. The summed E-state index contributed by atoms with van der Waals surface area (Å²) in [4.78, 5) is 16.5. The molecule has 1 saturated heterocycles. The number of amides is 1. The zero-order valence-corrected chi connectivity index (χ0v) is 14.9. The summed E-state index contributed by atoms with van der Waals surface area (Å²) in [6, 6.07) is 16.3. The Morgan fingerprint density at radius 3 is 2.48 bits per heavy atom. The van der Waals surface area contributed by atoms with E-state index in [1.54, 1.807) is 4.90 Å². The van der Waals surface area contributed by atoms with E-state index >= 15 is 0 Å². The molecule has 2 aromatic carbocycles. The number of carbonyl (C=O) groups excluding carboxylic acids is 1. The van der Waals surface area contributed by atoms with E-state index in [2.05, 4.69) is 17.0 Å². The monoisotopic (exact) mass is 337 g/mol. The number of rotatable bonds is 6. The van der Waals surface area contributed by atoms with Gasteiger partial charge in [0.15, 0.2) is 0 Å². The van der Waals surface area contributed by atoms with E-state index in [1.165, 1.54) is 12.8 Å². The highest BCUT2D eigenvalue weighted by atomic mass is 16.2. The summed E-state index contributed by atoms with van der Waals surface area (Å²) in [5.41, 5.74) is 10.5. The fraction of sp³-hybridized carbons (Fsp3) is 0.381. The maximum absolute atomic E-state index is 12.4. The lowest BCUT2D eigenvalue weighted by Gasteiger charge is -2.20. The maximum Gasteiger partial charge on any atom is 0.222 e. The van der Waals surface area contributed by atoms with Crippen LogP contribution in [0.5, 0.6) is 0 Å². The Hall–Kier alpha value is -2.49. The van der Waals surface area contributed by atoms with Gasteiger partial charge in [0.05, 0.1) is 11.4 Å². The third-order valence-electron chi connectivity index (χ3n) is 4.85. The van der Waals surface area contributed by atoms with Crippen molar-refractivity contribution in [3.8, 4) is 0 Å². The third-order valence-corrected chi connectivity index (χ3v) is 4.85. The van der Waals surface area contributed by atoms with Gasteiger partial charge in [-0.1, -0.05) is 36.4 Å². The van der Waals surface area contributed by atoms with Gasteiger partial charge in [-0.05, 0) is 42.5 Å². The van der Waals surface area contributed by atoms with E-state index in [0.29, 0.717) is 13.0 Å². The summed E-state index contributed by atoms with van der Waals surface area (Å²) >= 11 is 0. The molecule has 3 rings (SSSR count). The molecule has 0 spiro atoms. The smallest absolute Gasteiger partial charge is 0.222 e. The number of hydrogen-bond acceptors (Lipinski definition) is 3. The molecule has 0 aliphatic carbocycles. The molecule has 0 atom stereocenters. The topological polar surface area (TPSA) is 49.6 Å². The van der Waals surface area contributed by atoms with Gasteiger partial charge in [-0.3, -0.25) is 4.79 Å². The van der Waals surface area contributed by atoms with Crippen molar-refractivity contribution in [3.05, 3.63) is 59.7 Å². The molecule has 1 heterocycles. The predicted octanol–water partition coefficient (Wildman–Crippen LogP) is 3.46. The van der Waals surface area contributed by atoms with Crippen LogP contribution in [0.25, 0.3) is 0 Å². The molecule has 0 unspecified atom stereocenters. The Balaban J connectivity index is 1.54. The number of hydrogen-bond donors (Lipinski definition) is 1. The summed E-state index contributed by atoms with van der Waals surface area (Å²) in [5, 5.41) is 0. The highest BCUT2D eigenvalue weighted by molar-refractivity contribution is 5.76.